The van der Waals surface area contributed by atoms with Crippen LogP contribution in [0.1, 0.15) is 20.9 Å². The molecule has 0 spiro atoms. The van der Waals surface area contributed by atoms with Gasteiger partial charge in [0, 0.05) is 71.8 Å². The Morgan fingerprint density at radius 1 is 0.691 bits per heavy atom. The van der Waals surface area contributed by atoms with Crippen LogP contribution in [0.25, 0.3) is 22.5 Å². The number of morpholine rings is 1. The maximum absolute atomic E-state index is 13.6. The number of thiazole rings is 2. The molecule has 0 amide bonds. The Kier molecular flexibility index (Phi) is 12.4. The Hall–Kier alpha value is -5.08. The van der Waals surface area contributed by atoms with Crippen molar-refractivity contribution in [1.82, 2.24) is 24.8 Å². The zero-order chi connectivity index (χ0) is 39.2. The van der Waals surface area contributed by atoms with Crippen LogP contribution in [0.15, 0.2) is 85.5 Å². The van der Waals surface area contributed by atoms with E-state index in [1.165, 1.54) is 23.5 Å². The van der Waals surface area contributed by atoms with E-state index >= 15 is 0 Å². The monoisotopic (exact) mass is 807 g/mol. The van der Waals surface area contributed by atoms with Gasteiger partial charge in [-0.1, -0.05) is 22.7 Å². The number of nitrogens with zero attached hydrogens (tertiary/aromatic N) is 5. The second kappa shape index (κ2) is 17.2. The van der Waals surface area contributed by atoms with Gasteiger partial charge in [-0.3, -0.25) is 14.9 Å². The fourth-order valence-electron chi connectivity index (χ4n) is 5.33. The van der Waals surface area contributed by atoms with Crippen molar-refractivity contribution in [2.24, 2.45) is 0 Å². The fraction of sp³-hybridized carbons (Fsp3) is 0.222. The van der Waals surface area contributed by atoms with Crippen molar-refractivity contribution in [2.75, 3.05) is 36.9 Å². The molecular formula is C36H29F8N7O2S2. The molecule has 0 bridgehead atoms. The molecule has 0 unspecified atom stereocenters. The molecule has 3 N–H and O–H groups in total. The molecule has 1 aliphatic rings. The van der Waals surface area contributed by atoms with Crippen molar-refractivity contribution < 1.29 is 45.0 Å². The number of hydrogen-bond acceptors (Lipinski definition) is 11. The summed E-state index contributed by atoms with van der Waals surface area (Å²) in [5.41, 5.74) is 0.194. The number of aliphatic hydroxyl groups excluding tert-OH is 1. The van der Waals surface area contributed by atoms with Gasteiger partial charge < -0.3 is 20.5 Å². The standard InChI is InChI=1S/C20H18F4N4OS.C16H11F4N3OS/c21-16-4-3-14(10-15(16)20(22,23)24)26-19-27-18(13-2-1-5-25-11-13)17(30-19)12-28-6-8-29-9-7-28;17-12-4-3-10(6-11(12)16(18,19)20)22-15-23-14(13(8-24)25-15)9-2-1-5-21-7-9/h1-5,10-11H,6-9,12H2,(H,26,27);1-7,24H,8H2,(H,22,23). The van der Waals surface area contributed by atoms with Crippen LogP contribution in [0.2, 0.25) is 0 Å². The molecule has 5 heterocycles. The SMILES string of the molecule is Fc1ccc(Nc2nc(-c3cccnc3)c(CN3CCOCC3)s2)cc1C(F)(F)F.OCc1sc(Nc2ccc(F)c(C(F)(F)F)c2)nc1-c1cccnc1. The third-order valence-electron chi connectivity index (χ3n) is 7.93. The summed E-state index contributed by atoms with van der Waals surface area (Å²) in [6, 6.07) is 12.6. The van der Waals surface area contributed by atoms with E-state index in [0.29, 0.717) is 47.1 Å². The summed E-state index contributed by atoms with van der Waals surface area (Å²) < 4.78 is 110. The van der Waals surface area contributed by atoms with E-state index in [1.54, 1.807) is 43.0 Å². The highest BCUT2D eigenvalue weighted by atomic mass is 32.1. The Morgan fingerprint density at radius 3 is 1.60 bits per heavy atom. The Morgan fingerprint density at radius 2 is 1.16 bits per heavy atom. The molecule has 1 aliphatic heterocycles. The molecule has 7 rings (SSSR count). The van der Waals surface area contributed by atoms with Gasteiger partial charge in [-0.25, -0.2) is 18.7 Å². The van der Waals surface area contributed by atoms with Crippen LogP contribution in [0.4, 0.5) is 56.8 Å². The highest BCUT2D eigenvalue weighted by molar-refractivity contribution is 7.16. The number of ether oxygens (including phenoxy) is 1. The van der Waals surface area contributed by atoms with E-state index in [4.69, 9.17) is 4.74 Å². The molecule has 0 atom stereocenters. The van der Waals surface area contributed by atoms with Crippen LogP contribution < -0.4 is 10.6 Å². The maximum Gasteiger partial charge on any atom is 0.419 e. The van der Waals surface area contributed by atoms with Gasteiger partial charge in [0.1, 0.15) is 11.6 Å². The summed E-state index contributed by atoms with van der Waals surface area (Å²) in [6.07, 6.45) is -3.05. The highest BCUT2D eigenvalue weighted by Crippen LogP contribution is 2.38. The summed E-state index contributed by atoms with van der Waals surface area (Å²) >= 11 is 2.44. The zero-order valence-electron chi connectivity index (χ0n) is 28.3. The lowest BCUT2D eigenvalue weighted by molar-refractivity contribution is -0.140. The molecule has 1 saturated heterocycles. The largest absolute Gasteiger partial charge is 0.419 e. The van der Waals surface area contributed by atoms with Gasteiger partial charge in [-0.05, 0) is 60.7 Å². The number of benzene rings is 2. The number of nitrogens with one attached hydrogen (secondary N) is 2. The molecule has 4 aromatic heterocycles. The van der Waals surface area contributed by atoms with E-state index in [0.717, 1.165) is 58.8 Å². The van der Waals surface area contributed by atoms with Crippen molar-refractivity contribution in [3.8, 4) is 22.5 Å². The van der Waals surface area contributed by atoms with E-state index in [-0.39, 0.29) is 23.1 Å². The van der Waals surface area contributed by atoms with Crippen LogP contribution >= 0.6 is 22.7 Å². The second-order valence-corrected chi connectivity index (χ2v) is 13.9. The minimum Gasteiger partial charge on any atom is -0.391 e. The first kappa shape index (κ1) is 39.6. The molecule has 6 aromatic rings. The van der Waals surface area contributed by atoms with Crippen molar-refractivity contribution in [2.45, 2.75) is 25.5 Å². The van der Waals surface area contributed by atoms with E-state index in [1.807, 2.05) is 6.07 Å². The molecule has 19 heteroatoms. The van der Waals surface area contributed by atoms with Gasteiger partial charge in [0.15, 0.2) is 10.3 Å². The Labute approximate surface area is 316 Å². The van der Waals surface area contributed by atoms with Gasteiger partial charge >= 0.3 is 12.4 Å². The van der Waals surface area contributed by atoms with E-state index in [2.05, 4.69) is 35.5 Å². The lowest BCUT2D eigenvalue weighted by atomic mass is 10.2. The minimum absolute atomic E-state index is 0.0460. The zero-order valence-corrected chi connectivity index (χ0v) is 29.9. The van der Waals surface area contributed by atoms with Crippen molar-refractivity contribution in [3.05, 3.63) is 118 Å². The Bertz CT molecular complexity index is 2190. The molecule has 288 valence electrons. The van der Waals surface area contributed by atoms with Crippen molar-refractivity contribution in [3.63, 3.8) is 0 Å². The number of halogens is 8. The third-order valence-corrected chi connectivity index (χ3v) is 9.84. The molecule has 2 aromatic carbocycles. The Balaban J connectivity index is 0.000000190. The lowest BCUT2D eigenvalue weighted by Gasteiger charge is -2.26. The quantitative estimate of drug-likeness (QED) is 0.123. The van der Waals surface area contributed by atoms with Crippen molar-refractivity contribution >= 4 is 44.3 Å². The number of rotatable bonds is 9. The van der Waals surface area contributed by atoms with Crippen LogP contribution in [-0.4, -0.2) is 56.2 Å². The summed E-state index contributed by atoms with van der Waals surface area (Å²) in [5.74, 6) is -2.65. The van der Waals surface area contributed by atoms with Gasteiger partial charge in [0.2, 0.25) is 0 Å². The first-order valence-corrected chi connectivity index (χ1v) is 17.9. The summed E-state index contributed by atoms with van der Waals surface area (Å²) in [5, 5.41) is 15.8. The predicted octanol–water partition coefficient (Wildman–Crippen LogP) is 9.54. The first-order valence-electron chi connectivity index (χ1n) is 16.3. The predicted molar refractivity (Wildman–Crippen MR) is 192 cm³/mol. The topological polar surface area (TPSA) is 108 Å². The number of aromatic nitrogens is 4. The molecule has 9 nitrogen and oxygen atoms in total. The average Bonchev–Trinajstić information content (AvgIpc) is 3.77. The summed E-state index contributed by atoms with van der Waals surface area (Å²) in [4.78, 5) is 20.7. The normalized spacial score (nSPS) is 13.6. The smallest absolute Gasteiger partial charge is 0.391 e. The number of pyridine rings is 2. The van der Waals surface area contributed by atoms with Crippen LogP contribution in [-0.2, 0) is 30.2 Å². The highest BCUT2D eigenvalue weighted by Gasteiger charge is 2.35. The van der Waals surface area contributed by atoms with E-state index < -0.39 is 35.1 Å². The second-order valence-electron chi connectivity index (χ2n) is 11.7. The fourth-order valence-corrected chi connectivity index (χ4v) is 7.24. The minimum atomic E-state index is -4.79. The summed E-state index contributed by atoms with van der Waals surface area (Å²) in [7, 11) is 0. The van der Waals surface area contributed by atoms with E-state index in [9.17, 15) is 40.2 Å². The molecule has 0 radical (unpaired) electrons. The molecule has 55 heavy (non-hydrogen) atoms. The third kappa shape index (κ3) is 10.2. The van der Waals surface area contributed by atoms with Gasteiger partial charge in [-0.15, -0.1) is 0 Å². The number of anilines is 4. The van der Waals surface area contributed by atoms with Crippen LogP contribution in [0.3, 0.4) is 0 Å². The maximum atomic E-state index is 13.6. The summed E-state index contributed by atoms with van der Waals surface area (Å²) in [6.45, 7) is 3.26. The number of hydrogen-bond donors (Lipinski definition) is 3. The average molecular weight is 808 g/mol. The number of aliphatic hydroxyl groups is 1. The molecule has 1 fully saturated rings. The van der Waals surface area contributed by atoms with Crippen molar-refractivity contribution in [1.29, 1.82) is 0 Å². The molecule has 0 aliphatic carbocycles. The van der Waals surface area contributed by atoms with Gasteiger partial charge in [-0.2, -0.15) is 26.3 Å². The molecule has 0 saturated carbocycles. The van der Waals surface area contributed by atoms with Gasteiger partial charge in [0.25, 0.3) is 0 Å². The van der Waals surface area contributed by atoms with Gasteiger partial charge in [0.05, 0.1) is 47.2 Å². The first-order chi connectivity index (χ1) is 26.3. The number of alkyl halides is 6. The van der Waals surface area contributed by atoms with Crippen LogP contribution in [0, 0.1) is 11.6 Å². The lowest BCUT2D eigenvalue weighted by Crippen LogP contribution is -2.35. The molecular weight excluding hydrogens is 779 g/mol. The van der Waals surface area contributed by atoms with Crippen LogP contribution in [0.5, 0.6) is 0 Å².